The van der Waals surface area contributed by atoms with E-state index < -0.39 is 23.6 Å². The number of carbonyl (C=O) groups excluding carboxylic acids is 2. The van der Waals surface area contributed by atoms with Crippen molar-refractivity contribution in [1.29, 1.82) is 0 Å². The Kier molecular flexibility index (Phi) is 7.71. The Hall–Kier alpha value is -2.08. The Balaban J connectivity index is 2.57. The van der Waals surface area contributed by atoms with Gasteiger partial charge in [0.2, 0.25) is 0 Å². The van der Waals surface area contributed by atoms with Crippen molar-refractivity contribution < 1.29 is 19.4 Å². The zero-order valence-electron chi connectivity index (χ0n) is 14.9. The van der Waals surface area contributed by atoms with Gasteiger partial charge in [0.1, 0.15) is 11.6 Å². The average molecular weight is 336 g/mol. The second-order valence-corrected chi connectivity index (χ2v) is 6.65. The summed E-state index contributed by atoms with van der Waals surface area (Å²) in [7, 11) is 0. The third kappa shape index (κ3) is 7.46. The van der Waals surface area contributed by atoms with Crippen molar-refractivity contribution in [2.75, 3.05) is 19.7 Å². The van der Waals surface area contributed by atoms with Crippen molar-refractivity contribution in [3.05, 3.63) is 35.9 Å². The van der Waals surface area contributed by atoms with E-state index in [1.807, 2.05) is 30.3 Å². The van der Waals surface area contributed by atoms with Crippen LogP contribution in [0.2, 0.25) is 0 Å². The van der Waals surface area contributed by atoms with E-state index in [9.17, 15) is 9.59 Å². The molecular formula is C18H28N2O4. The second kappa shape index (κ2) is 9.27. The monoisotopic (exact) mass is 336 g/mol. The maximum absolute atomic E-state index is 12.3. The number of hydrogen-bond donors (Lipinski definition) is 2. The minimum atomic E-state index is -0.755. The van der Waals surface area contributed by atoms with Crippen LogP contribution in [0.1, 0.15) is 33.3 Å². The Morgan fingerprint density at radius 2 is 1.83 bits per heavy atom. The molecule has 2 N–H and O–H groups in total. The summed E-state index contributed by atoms with van der Waals surface area (Å²) in [4.78, 5) is 25.8. The lowest BCUT2D eigenvalue weighted by atomic mass is 10.1. The highest BCUT2D eigenvalue weighted by Crippen LogP contribution is 2.08. The summed E-state index contributed by atoms with van der Waals surface area (Å²) in [6, 6.07) is 8.64. The maximum Gasteiger partial charge on any atom is 0.328 e. The molecule has 0 aliphatic carbocycles. The molecule has 1 atom stereocenters. The SMILES string of the molecule is C[C@H](NC(=O)N(CCO)CCc1ccccc1)C(=O)OC(C)(C)C. The van der Waals surface area contributed by atoms with Crippen LogP contribution in [0.4, 0.5) is 4.79 Å². The fraction of sp³-hybridized carbons (Fsp3) is 0.556. The molecule has 0 saturated heterocycles. The fourth-order valence-electron chi connectivity index (χ4n) is 2.07. The van der Waals surface area contributed by atoms with Crippen molar-refractivity contribution >= 4 is 12.0 Å². The smallest absolute Gasteiger partial charge is 0.328 e. The zero-order valence-corrected chi connectivity index (χ0v) is 14.9. The van der Waals surface area contributed by atoms with E-state index in [4.69, 9.17) is 9.84 Å². The van der Waals surface area contributed by atoms with E-state index in [2.05, 4.69) is 5.32 Å². The van der Waals surface area contributed by atoms with E-state index in [0.29, 0.717) is 13.0 Å². The molecule has 0 aliphatic rings. The van der Waals surface area contributed by atoms with Crippen LogP contribution in [0, 0.1) is 0 Å². The molecule has 1 aromatic carbocycles. The lowest BCUT2D eigenvalue weighted by molar-refractivity contribution is -0.156. The number of rotatable bonds is 7. The summed E-state index contributed by atoms with van der Waals surface area (Å²) in [5.41, 5.74) is 0.502. The third-order valence-electron chi connectivity index (χ3n) is 3.27. The molecule has 0 aliphatic heterocycles. The number of hydrogen-bond acceptors (Lipinski definition) is 4. The first-order valence-corrected chi connectivity index (χ1v) is 8.16. The van der Waals surface area contributed by atoms with Crippen molar-refractivity contribution in [2.45, 2.75) is 45.8 Å². The summed E-state index contributed by atoms with van der Waals surface area (Å²) in [5.74, 6) is -0.483. The molecule has 0 radical (unpaired) electrons. The molecule has 0 aromatic heterocycles. The lowest BCUT2D eigenvalue weighted by Gasteiger charge is -2.26. The van der Waals surface area contributed by atoms with Crippen molar-refractivity contribution in [3.8, 4) is 0 Å². The van der Waals surface area contributed by atoms with Gasteiger partial charge in [-0.15, -0.1) is 0 Å². The number of nitrogens with zero attached hydrogens (tertiary/aromatic N) is 1. The number of esters is 1. The summed E-state index contributed by atoms with van der Waals surface area (Å²) >= 11 is 0. The average Bonchev–Trinajstić information content (AvgIpc) is 2.50. The third-order valence-corrected chi connectivity index (χ3v) is 3.27. The first-order chi connectivity index (χ1) is 11.2. The Morgan fingerprint density at radius 3 is 2.38 bits per heavy atom. The molecule has 0 unspecified atom stereocenters. The van der Waals surface area contributed by atoms with Crippen molar-refractivity contribution in [2.24, 2.45) is 0 Å². The predicted octanol–water partition coefficient (Wildman–Crippen LogP) is 1.96. The fourth-order valence-corrected chi connectivity index (χ4v) is 2.07. The topological polar surface area (TPSA) is 78.9 Å². The molecule has 24 heavy (non-hydrogen) atoms. The largest absolute Gasteiger partial charge is 0.458 e. The van der Waals surface area contributed by atoms with Crippen LogP contribution in [-0.4, -0.2) is 53.3 Å². The quantitative estimate of drug-likeness (QED) is 0.746. The predicted molar refractivity (Wildman–Crippen MR) is 92.6 cm³/mol. The van der Waals surface area contributed by atoms with Crippen LogP contribution in [-0.2, 0) is 16.0 Å². The van der Waals surface area contributed by atoms with Gasteiger partial charge in [-0.2, -0.15) is 0 Å². The Labute approximate surface area is 143 Å². The van der Waals surface area contributed by atoms with Gasteiger partial charge in [0, 0.05) is 13.1 Å². The number of amides is 2. The Morgan fingerprint density at radius 1 is 1.21 bits per heavy atom. The standard InChI is InChI=1S/C18H28N2O4/c1-14(16(22)24-18(2,3)4)19-17(23)20(12-13-21)11-10-15-8-6-5-7-9-15/h5-9,14,21H,10-13H2,1-4H3,(H,19,23)/t14-/m0/s1. The number of benzene rings is 1. The number of aliphatic hydroxyl groups excluding tert-OH is 1. The summed E-state index contributed by atoms with van der Waals surface area (Å²) < 4.78 is 5.25. The summed E-state index contributed by atoms with van der Waals surface area (Å²) in [6.45, 7) is 7.44. The van der Waals surface area contributed by atoms with Crippen LogP contribution in [0.15, 0.2) is 30.3 Å². The minimum Gasteiger partial charge on any atom is -0.458 e. The van der Waals surface area contributed by atoms with Gasteiger partial charge in [-0.25, -0.2) is 9.59 Å². The van der Waals surface area contributed by atoms with Gasteiger partial charge in [-0.05, 0) is 39.7 Å². The van der Waals surface area contributed by atoms with E-state index >= 15 is 0 Å². The molecule has 134 valence electrons. The minimum absolute atomic E-state index is 0.136. The number of carbonyl (C=O) groups is 2. The molecule has 2 amide bonds. The van der Waals surface area contributed by atoms with Crippen LogP contribution >= 0.6 is 0 Å². The molecule has 6 nitrogen and oxygen atoms in total. The van der Waals surface area contributed by atoms with Gasteiger partial charge in [0.15, 0.2) is 0 Å². The highest BCUT2D eigenvalue weighted by Gasteiger charge is 2.24. The number of nitrogens with one attached hydrogen (secondary N) is 1. The number of aliphatic hydroxyl groups is 1. The van der Waals surface area contributed by atoms with Gasteiger partial charge >= 0.3 is 12.0 Å². The summed E-state index contributed by atoms with van der Waals surface area (Å²) in [5, 5.41) is 11.8. The van der Waals surface area contributed by atoms with Gasteiger partial charge < -0.3 is 20.1 Å². The molecule has 1 aromatic rings. The molecule has 0 heterocycles. The molecule has 0 saturated carbocycles. The highest BCUT2D eigenvalue weighted by atomic mass is 16.6. The van der Waals surface area contributed by atoms with Gasteiger partial charge in [-0.3, -0.25) is 0 Å². The molecule has 0 spiro atoms. The normalized spacial score (nSPS) is 12.4. The van der Waals surface area contributed by atoms with E-state index in [0.717, 1.165) is 5.56 Å². The molecular weight excluding hydrogens is 308 g/mol. The zero-order chi connectivity index (χ0) is 18.2. The van der Waals surface area contributed by atoms with Crippen LogP contribution in [0.25, 0.3) is 0 Å². The first-order valence-electron chi connectivity index (χ1n) is 8.16. The Bertz CT molecular complexity index is 526. The summed E-state index contributed by atoms with van der Waals surface area (Å²) in [6.07, 6.45) is 0.676. The van der Waals surface area contributed by atoms with Crippen LogP contribution < -0.4 is 5.32 Å². The molecule has 0 fully saturated rings. The van der Waals surface area contributed by atoms with E-state index in [-0.39, 0.29) is 13.2 Å². The first kappa shape index (κ1) is 20.0. The molecule has 6 heteroatoms. The van der Waals surface area contributed by atoms with Crippen molar-refractivity contribution in [3.63, 3.8) is 0 Å². The maximum atomic E-state index is 12.3. The van der Waals surface area contributed by atoms with Crippen LogP contribution in [0.3, 0.4) is 0 Å². The molecule has 1 rings (SSSR count). The van der Waals surface area contributed by atoms with Gasteiger partial charge in [-0.1, -0.05) is 30.3 Å². The van der Waals surface area contributed by atoms with Crippen molar-refractivity contribution in [1.82, 2.24) is 10.2 Å². The van der Waals surface area contributed by atoms with E-state index in [1.165, 1.54) is 4.90 Å². The van der Waals surface area contributed by atoms with Crippen LogP contribution in [0.5, 0.6) is 0 Å². The number of urea groups is 1. The number of ether oxygens (including phenoxy) is 1. The molecule has 0 bridgehead atoms. The van der Waals surface area contributed by atoms with Gasteiger partial charge in [0.05, 0.1) is 6.61 Å². The highest BCUT2D eigenvalue weighted by molar-refractivity contribution is 5.83. The van der Waals surface area contributed by atoms with Gasteiger partial charge in [0.25, 0.3) is 0 Å². The second-order valence-electron chi connectivity index (χ2n) is 6.65. The van der Waals surface area contributed by atoms with E-state index in [1.54, 1.807) is 27.7 Å². The lowest BCUT2D eigenvalue weighted by Crippen LogP contribution is -2.49.